The maximum absolute atomic E-state index is 12.6. The molecule has 0 radical (unpaired) electrons. The van der Waals surface area contributed by atoms with Crippen molar-refractivity contribution in [2.24, 2.45) is 5.92 Å². The Kier molecular flexibility index (Phi) is 3.86. The number of nitrogens with zero attached hydrogens (tertiary/aromatic N) is 4. The molecule has 24 heavy (non-hydrogen) atoms. The molecule has 2 aliphatic rings. The molecule has 2 saturated heterocycles. The minimum absolute atomic E-state index is 0.00287. The van der Waals surface area contributed by atoms with E-state index < -0.39 is 10.0 Å². The van der Waals surface area contributed by atoms with E-state index in [9.17, 15) is 8.42 Å². The van der Waals surface area contributed by atoms with Crippen LogP contribution in [-0.2, 0) is 21.2 Å². The van der Waals surface area contributed by atoms with Crippen LogP contribution in [0.25, 0.3) is 0 Å². The molecular weight excluding hydrogens is 332 g/mol. The Balaban J connectivity index is 1.41. The van der Waals surface area contributed by atoms with Gasteiger partial charge < -0.3 is 9.26 Å². The Bertz CT molecular complexity index is 809. The first kappa shape index (κ1) is 15.7. The lowest BCUT2D eigenvalue weighted by molar-refractivity contribution is 0.0400. The summed E-state index contributed by atoms with van der Waals surface area (Å²) in [6.45, 7) is 2.63. The summed E-state index contributed by atoms with van der Waals surface area (Å²) in [5.74, 6) is 1.37. The predicted molar refractivity (Wildman–Crippen MR) is 82.5 cm³/mol. The average Bonchev–Trinajstić information content (AvgIpc) is 3.23. The standard InChI is InChI=1S/C15H18N4O4S/c1-10-17-15(23-18-10)6-12-5-11-8-19(9-14(11)22-12)24(20,21)13-3-2-4-16-7-13/h2-4,7,11-12,14H,5-6,8-9H2,1H3/t11-,12-,14+/m0/s1. The van der Waals surface area contributed by atoms with E-state index in [2.05, 4.69) is 15.1 Å². The molecular formula is C15H18N4O4S. The summed E-state index contributed by atoms with van der Waals surface area (Å²) in [5.41, 5.74) is 0. The highest BCUT2D eigenvalue weighted by molar-refractivity contribution is 7.89. The van der Waals surface area contributed by atoms with Crippen LogP contribution in [0.2, 0.25) is 0 Å². The minimum atomic E-state index is -3.50. The van der Waals surface area contributed by atoms with Crippen LogP contribution in [0, 0.1) is 12.8 Å². The van der Waals surface area contributed by atoms with Gasteiger partial charge in [0.05, 0.1) is 18.6 Å². The summed E-state index contributed by atoms with van der Waals surface area (Å²) >= 11 is 0. The number of aryl methyl sites for hydroxylation is 1. The SMILES string of the molecule is Cc1noc(C[C@@H]2C[C@H]3CN(S(=O)(=O)c4cccnc4)C[C@H]3O2)n1. The smallest absolute Gasteiger partial charge is 0.244 e. The summed E-state index contributed by atoms with van der Waals surface area (Å²) in [6.07, 6.45) is 4.23. The van der Waals surface area contributed by atoms with E-state index in [-0.39, 0.29) is 23.0 Å². The van der Waals surface area contributed by atoms with Crippen molar-refractivity contribution in [2.75, 3.05) is 13.1 Å². The molecule has 0 bridgehead atoms. The quantitative estimate of drug-likeness (QED) is 0.804. The van der Waals surface area contributed by atoms with Crippen molar-refractivity contribution in [1.29, 1.82) is 0 Å². The van der Waals surface area contributed by atoms with Gasteiger partial charge in [-0.2, -0.15) is 9.29 Å². The second-order valence-corrected chi connectivity index (χ2v) is 8.18. The highest BCUT2D eigenvalue weighted by atomic mass is 32.2. The zero-order valence-electron chi connectivity index (χ0n) is 13.2. The molecule has 0 spiro atoms. The molecule has 8 nitrogen and oxygen atoms in total. The van der Waals surface area contributed by atoms with Gasteiger partial charge in [0, 0.05) is 31.4 Å². The number of hydrogen-bond donors (Lipinski definition) is 0. The van der Waals surface area contributed by atoms with Crippen LogP contribution in [0.5, 0.6) is 0 Å². The number of pyridine rings is 1. The molecule has 9 heteroatoms. The molecule has 0 aliphatic carbocycles. The van der Waals surface area contributed by atoms with Crippen molar-refractivity contribution in [1.82, 2.24) is 19.4 Å². The highest BCUT2D eigenvalue weighted by Gasteiger charge is 2.46. The van der Waals surface area contributed by atoms with Crippen LogP contribution in [0.4, 0.5) is 0 Å². The Morgan fingerprint density at radius 3 is 2.92 bits per heavy atom. The molecule has 0 amide bonds. The Morgan fingerprint density at radius 2 is 2.25 bits per heavy atom. The van der Waals surface area contributed by atoms with E-state index in [1.807, 2.05) is 0 Å². The third kappa shape index (κ3) is 2.83. The molecule has 2 fully saturated rings. The first-order chi connectivity index (χ1) is 11.5. The van der Waals surface area contributed by atoms with Gasteiger partial charge in [-0.1, -0.05) is 5.16 Å². The van der Waals surface area contributed by atoms with Gasteiger partial charge in [0.1, 0.15) is 4.90 Å². The maximum atomic E-state index is 12.6. The molecule has 4 heterocycles. The molecule has 2 aromatic heterocycles. The van der Waals surface area contributed by atoms with E-state index in [0.717, 1.165) is 6.42 Å². The van der Waals surface area contributed by atoms with Crippen LogP contribution in [0.1, 0.15) is 18.1 Å². The van der Waals surface area contributed by atoms with Crippen LogP contribution >= 0.6 is 0 Å². The van der Waals surface area contributed by atoms with E-state index in [1.54, 1.807) is 25.3 Å². The lowest BCUT2D eigenvalue weighted by atomic mass is 10.0. The maximum Gasteiger partial charge on any atom is 0.244 e. The van der Waals surface area contributed by atoms with Crippen molar-refractivity contribution in [3.8, 4) is 0 Å². The van der Waals surface area contributed by atoms with Crippen LogP contribution in [0.15, 0.2) is 33.9 Å². The zero-order chi connectivity index (χ0) is 16.7. The van der Waals surface area contributed by atoms with Gasteiger partial charge in [0.15, 0.2) is 5.82 Å². The Hall–Kier alpha value is -1.84. The van der Waals surface area contributed by atoms with Crippen LogP contribution < -0.4 is 0 Å². The third-order valence-corrected chi connectivity index (χ3v) is 6.34. The Morgan fingerprint density at radius 1 is 1.38 bits per heavy atom. The van der Waals surface area contributed by atoms with Gasteiger partial charge in [0.25, 0.3) is 0 Å². The number of sulfonamides is 1. The third-order valence-electron chi connectivity index (χ3n) is 4.52. The average molecular weight is 350 g/mol. The predicted octanol–water partition coefficient (Wildman–Crippen LogP) is 0.794. The first-order valence-corrected chi connectivity index (χ1v) is 9.31. The first-order valence-electron chi connectivity index (χ1n) is 7.87. The second-order valence-electron chi connectivity index (χ2n) is 6.24. The Labute approximate surface area is 139 Å². The summed E-state index contributed by atoms with van der Waals surface area (Å²) in [5, 5.41) is 3.77. The summed E-state index contributed by atoms with van der Waals surface area (Å²) in [6, 6.07) is 3.20. The largest absolute Gasteiger partial charge is 0.373 e. The van der Waals surface area contributed by atoms with Crippen LogP contribution in [-0.4, -0.2) is 53.1 Å². The highest BCUT2D eigenvalue weighted by Crippen LogP contribution is 2.36. The van der Waals surface area contributed by atoms with Crippen LogP contribution in [0.3, 0.4) is 0 Å². The molecule has 3 atom stereocenters. The number of rotatable bonds is 4. The van der Waals surface area contributed by atoms with Crippen molar-refractivity contribution >= 4 is 10.0 Å². The molecule has 2 aliphatic heterocycles. The van der Waals surface area contributed by atoms with E-state index in [1.165, 1.54) is 10.5 Å². The normalized spacial score (nSPS) is 27.5. The van der Waals surface area contributed by atoms with Gasteiger partial charge in [-0.25, -0.2) is 8.42 Å². The zero-order valence-corrected chi connectivity index (χ0v) is 14.0. The van der Waals surface area contributed by atoms with Crippen molar-refractivity contribution < 1.29 is 17.7 Å². The number of ether oxygens (including phenoxy) is 1. The molecule has 0 N–H and O–H groups in total. The fourth-order valence-corrected chi connectivity index (χ4v) is 4.89. The number of aromatic nitrogens is 3. The van der Waals surface area contributed by atoms with Gasteiger partial charge >= 0.3 is 0 Å². The van der Waals surface area contributed by atoms with Crippen molar-refractivity contribution in [2.45, 2.75) is 36.9 Å². The van der Waals surface area contributed by atoms with Gasteiger partial charge in [-0.15, -0.1) is 0 Å². The molecule has 0 saturated carbocycles. The molecule has 0 unspecified atom stereocenters. The van der Waals surface area contributed by atoms with Gasteiger partial charge in [0.2, 0.25) is 15.9 Å². The van der Waals surface area contributed by atoms with E-state index in [4.69, 9.17) is 9.26 Å². The monoisotopic (exact) mass is 350 g/mol. The molecule has 4 rings (SSSR count). The number of hydrogen-bond acceptors (Lipinski definition) is 7. The lowest BCUT2D eigenvalue weighted by Crippen LogP contribution is -2.31. The second kappa shape index (κ2) is 5.91. The fourth-order valence-electron chi connectivity index (χ4n) is 3.42. The van der Waals surface area contributed by atoms with Gasteiger partial charge in [-0.3, -0.25) is 4.98 Å². The van der Waals surface area contributed by atoms with Crippen molar-refractivity contribution in [3.63, 3.8) is 0 Å². The summed E-state index contributed by atoms with van der Waals surface area (Å²) < 4.78 is 37.9. The lowest BCUT2D eigenvalue weighted by Gasteiger charge is -2.18. The summed E-state index contributed by atoms with van der Waals surface area (Å²) in [7, 11) is -3.50. The number of fused-ring (bicyclic) bond motifs is 1. The minimum Gasteiger partial charge on any atom is -0.373 e. The topological polar surface area (TPSA) is 98.4 Å². The molecule has 128 valence electrons. The molecule has 0 aromatic carbocycles. The summed E-state index contributed by atoms with van der Waals surface area (Å²) in [4.78, 5) is 8.31. The fraction of sp³-hybridized carbons (Fsp3) is 0.533. The molecule has 2 aromatic rings. The van der Waals surface area contributed by atoms with E-state index >= 15 is 0 Å². The van der Waals surface area contributed by atoms with E-state index in [0.29, 0.717) is 31.2 Å². The van der Waals surface area contributed by atoms with Gasteiger partial charge in [-0.05, 0) is 25.5 Å². The van der Waals surface area contributed by atoms with Crippen molar-refractivity contribution in [3.05, 3.63) is 36.2 Å².